The fourth-order valence-corrected chi connectivity index (χ4v) is 1.71. The number of rotatable bonds is 4. The first-order chi connectivity index (χ1) is 6.92. The summed E-state index contributed by atoms with van der Waals surface area (Å²) >= 11 is 0. The van der Waals surface area contributed by atoms with Crippen molar-refractivity contribution in [2.24, 2.45) is 0 Å². The molecule has 0 aromatic rings. The van der Waals surface area contributed by atoms with E-state index in [0.29, 0.717) is 12.6 Å². The van der Waals surface area contributed by atoms with Crippen molar-refractivity contribution in [3.8, 4) is 0 Å². The third-order valence-electron chi connectivity index (χ3n) is 2.85. The number of hydrogen-bond donors (Lipinski definition) is 2. The van der Waals surface area contributed by atoms with Crippen LogP contribution in [0.15, 0.2) is 0 Å². The van der Waals surface area contributed by atoms with Gasteiger partial charge in [-0.25, -0.2) is 0 Å². The van der Waals surface area contributed by atoms with Gasteiger partial charge in [0.15, 0.2) is 0 Å². The molecule has 1 rings (SSSR count). The van der Waals surface area contributed by atoms with E-state index in [1.54, 1.807) is 0 Å². The van der Waals surface area contributed by atoms with E-state index < -0.39 is 5.60 Å². The van der Waals surface area contributed by atoms with Crippen LogP contribution in [0.1, 0.15) is 27.2 Å². The lowest BCUT2D eigenvalue weighted by Gasteiger charge is -2.38. The second kappa shape index (κ2) is 5.25. The zero-order chi connectivity index (χ0) is 11.5. The summed E-state index contributed by atoms with van der Waals surface area (Å²) in [6, 6.07) is 0.371. The average molecular weight is 217 g/mol. The van der Waals surface area contributed by atoms with Crippen molar-refractivity contribution in [2.75, 3.05) is 26.3 Å². The number of ether oxygens (including phenoxy) is 1. The number of hydrogen-bond acceptors (Lipinski definition) is 4. The Morgan fingerprint density at radius 2 is 2.13 bits per heavy atom. The van der Waals surface area contributed by atoms with Crippen LogP contribution in [0.5, 0.6) is 0 Å². The standard InChI is InChI=1S/C11H23NO3/c1-9-8-15-10(7-13)6-12(9)5-4-11(2,3)14/h9-10,13-14H,4-8H2,1-3H3. The summed E-state index contributed by atoms with van der Waals surface area (Å²) in [5, 5.41) is 18.7. The molecule has 15 heavy (non-hydrogen) atoms. The lowest BCUT2D eigenvalue weighted by Crippen LogP contribution is -2.50. The van der Waals surface area contributed by atoms with Crippen molar-refractivity contribution in [2.45, 2.75) is 44.9 Å². The molecule has 90 valence electrons. The Balaban J connectivity index is 2.38. The Morgan fingerprint density at radius 1 is 1.47 bits per heavy atom. The highest BCUT2D eigenvalue weighted by molar-refractivity contribution is 4.79. The molecule has 1 aliphatic rings. The summed E-state index contributed by atoms with van der Waals surface area (Å²) in [5.74, 6) is 0. The molecule has 0 aromatic heterocycles. The molecule has 0 aromatic carbocycles. The monoisotopic (exact) mass is 217 g/mol. The average Bonchev–Trinajstić information content (AvgIpc) is 2.15. The Bertz CT molecular complexity index is 191. The topological polar surface area (TPSA) is 52.9 Å². The van der Waals surface area contributed by atoms with Gasteiger partial charge in [0, 0.05) is 19.1 Å². The minimum absolute atomic E-state index is 0.0667. The van der Waals surface area contributed by atoms with E-state index in [-0.39, 0.29) is 12.7 Å². The molecule has 0 spiro atoms. The fourth-order valence-electron chi connectivity index (χ4n) is 1.71. The summed E-state index contributed by atoms with van der Waals surface area (Å²) in [6.45, 7) is 8.10. The van der Waals surface area contributed by atoms with Gasteiger partial charge in [-0.1, -0.05) is 0 Å². The first kappa shape index (κ1) is 12.9. The molecule has 2 N–H and O–H groups in total. The second-order valence-electron chi connectivity index (χ2n) is 5.04. The van der Waals surface area contributed by atoms with Gasteiger partial charge in [-0.3, -0.25) is 4.90 Å². The number of aliphatic hydroxyl groups is 2. The summed E-state index contributed by atoms with van der Waals surface area (Å²) in [7, 11) is 0. The molecule has 1 aliphatic heterocycles. The highest BCUT2D eigenvalue weighted by atomic mass is 16.5. The molecule has 4 heteroatoms. The third kappa shape index (κ3) is 4.47. The van der Waals surface area contributed by atoms with Crippen molar-refractivity contribution in [3.63, 3.8) is 0 Å². The van der Waals surface area contributed by atoms with Crippen molar-refractivity contribution in [3.05, 3.63) is 0 Å². The van der Waals surface area contributed by atoms with Gasteiger partial charge in [0.25, 0.3) is 0 Å². The molecule has 0 amide bonds. The van der Waals surface area contributed by atoms with Crippen LogP contribution >= 0.6 is 0 Å². The summed E-state index contributed by atoms with van der Waals surface area (Å²) in [4.78, 5) is 2.27. The molecule has 0 radical (unpaired) electrons. The molecule has 0 bridgehead atoms. The van der Waals surface area contributed by atoms with Crippen LogP contribution in [0.2, 0.25) is 0 Å². The molecule has 2 unspecified atom stereocenters. The van der Waals surface area contributed by atoms with E-state index in [2.05, 4.69) is 11.8 Å². The number of nitrogens with zero attached hydrogens (tertiary/aromatic N) is 1. The summed E-state index contributed by atoms with van der Waals surface area (Å²) in [5.41, 5.74) is -0.618. The minimum Gasteiger partial charge on any atom is -0.394 e. The SMILES string of the molecule is CC1COC(CO)CN1CCC(C)(C)O. The Hall–Kier alpha value is -0.160. The van der Waals surface area contributed by atoms with Crippen molar-refractivity contribution >= 4 is 0 Å². The van der Waals surface area contributed by atoms with Gasteiger partial charge in [0.05, 0.1) is 24.9 Å². The molecule has 1 heterocycles. The first-order valence-corrected chi connectivity index (χ1v) is 5.61. The Morgan fingerprint density at radius 3 is 2.67 bits per heavy atom. The summed E-state index contributed by atoms with van der Waals surface area (Å²) in [6.07, 6.45) is 0.679. The van der Waals surface area contributed by atoms with Gasteiger partial charge < -0.3 is 14.9 Å². The number of aliphatic hydroxyl groups excluding tert-OH is 1. The lowest BCUT2D eigenvalue weighted by atomic mass is 10.0. The quantitative estimate of drug-likeness (QED) is 0.708. The fraction of sp³-hybridized carbons (Fsp3) is 1.00. The highest BCUT2D eigenvalue weighted by Gasteiger charge is 2.26. The first-order valence-electron chi connectivity index (χ1n) is 5.61. The van der Waals surface area contributed by atoms with Crippen LogP contribution in [0.3, 0.4) is 0 Å². The summed E-state index contributed by atoms with van der Waals surface area (Å²) < 4.78 is 5.45. The zero-order valence-electron chi connectivity index (χ0n) is 9.94. The van der Waals surface area contributed by atoms with Crippen LogP contribution in [0.25, 0.3) is 0 Å². The molecule has 2 atom stereocenters. The van der Waals surface area contributed by atoms with E-state index in [0.717, 1.165) is 19.5 Å². The van der Waals surface area contributed by atoms with Gasteiger partial charge >= 0.3 is 0 Å². The second-order valence-corrected chi connectivity index (χ2v) is 5.04. The van der Waals surface area contributed by atoms with E-state index in [4.69, 9.17) is 9.84 Å². The molecular weight excluding hydrogens is 194 g/mol. The van der Waals surface area contributed by atoms with Gasteiger partial charge in [0.1, 0.15) is 0 Å². The third-order valence-corrected chi connectivity index (χ3v) is 2.85. The van der Waals surface area contributed by atoms with Gasteiger partial charge in [-0.15, -0.1) is 0 Å². The zero-order valence-corrected chi connectivity index (χ0v) is 9.94. The van der Waals surface area contributed by atoms with Crippen LogP contribution in [-0.2, 0) is 4.74 Å². The van der Waals surface area contributed by atoms with Crippen LogP contribution < -0.4 is 0 Å². The van der Waals surface area contributed by atoms with Crippen molar-refractivity contribution in [1.29, 1.82) is 0 Å². The molecule has 1 saturated heterocycles. The van der Waals surface area contributed by atoms with Gasteiger partial charge in [0.2, 0.25) is 0 Å². The van der Waals surface area contributed by atoms with Crippen molar-refractivity contribution < 1.29 is 14.9 Å². The van der Waals surface area contributed by atoms with Crippen LogP contribution in [0, 0.1) is 0 Å². The minimum atomic E-state index is -0.618. The predicted octanol–water partition coefficient (Wildman–Crippen LogP) is 0.229. The predicted molar refractivity (Wildman–Crippen MR) is 58.8 cm³/mol. The lowest BCUT2D eigenvalue weighted by molar-refractivity contribution is -0.0826. The maximum atomic E-state index is 9.65. The number of morpholine rings is 1. The molecule has 0 aliphatic carbocycles. The van der Waals surface area contributed by atoms with E-state index >= 15 is 0 Å². The van der Waals surface area contributed by atoms with Gasteiger partial charge in [-0.2, -0.15) is 0 Å². The molecule has 1 fully saturated rings. The normalized spacial score (nSPS) is 29.4. The molecular formula is C11H23NO3. The largest absolute Gasteiger partial charge is 0.394 e. The Kier molecular flexibility index (Phi) is 4.52. The van der Waals surface area contributed by atoms with Crippen LogP contribution in [-0.4, -0.2) is 59.2 Å². The highest BCUT2D eigenvalue weighted by Crippen LogP contribution is 2.15. The van der Waals surface area contributed by atoms with Crippen LogP contribution in [0.4, 0.5) is 0 Å². The van der Waals surface area contributed by atoms with Crippen molar-refractivity contribution in [1.82, 2.24) is 4.90 Å². The smallest absolute Gasteiger partial charge is 0.0933 e. The van der Waals surface area contributed by atoms with E-state index in [1.165, 1.54) is 0 Å². The van der Waals surface area contributed by atoms with E-state index in [1.807, 2.05) is 13.8 Å². The van der Waals surface area contributed by atoms with Gasteiger partial charge in [-0.05, 0) is 27.2 Å². The maximum Gasteiger partial charge on any atom is 0.0933 e. The maximum absolute atomic E-state index is 9.65. The van der Waals surface area contributed by atoms with E-state index in [9.17, 15) is 5.11 Å². The molecule has 0 saturated carbocycles. The molecule has 4 nitrogen and oxygen atoms in total. The Labute approximate surface area is 91.8 Å².